The molecule has 60 heavy (non-hydrogen) atoms. The van der Waals surface area contributed by atoms with Crippen LogP contribution < -0.4 is 0 Å². The molecular weight excluding hydrogens is 739 g/mol. The Bertz CT molecular complexity index is 1720. The fourth-order valence-corrected chi connectivity index (χ4v) is 20.3. The van der Waals surface area contributed by atoms with Gasteiger partial charge in [-0.25, -0.2) is 0 Å². The van der Waals surface area contributed by atoms with Gasteiger partial charge in [0.15, 0.2) is 0 Å². The molecule has 0 radical (unpaired) electrons. The van der Waals surface area contributed by atoms with Crippen LogP contribution in [-0.4, -0.2) is 23.9 Å². The van der Waals surface area contributed by atoms with E-state index in [1.54, 1.807) is 39.0 Å². The molecule has 0 N–H and O–H groups in total. The van der Waals surface area contributed by atoms with Crippen molar-refractivity contribution in [3.63, 3.8) is 0 Å². The molecular formula is C58H93NSi. The highest BCUT2D eigenvalue weighted by Gasteiger charge is 2.58. The number of hydrogen-bond donors (Lipinski definition) is 0. The van der Waals surface area contributed by atoms with Gasteiger partial charge in [0.05, 0.1) is 0 Å². The lowest BCUT2D eigenvalue weighted by atomic mass is 9.67. The monoisotopic (exact) mass is 832 g/mol. The number of unbranched alkanes of at least 4 members (excludes halogenated alkanes) is 13. The number of rotatable bonds is 22. The van der Waals surface area contributed by atoms with Crippen LogP contribution in [0.5, 0.6) is 0 Å². The summed E-state index contributed by atoms with van der Waals surface area (Å²) in [5.74, 6) is 1.71. The molecule has 2 aromatic rings. The summed E-state index contributed by atoms with van der Waals surface area (Å²) < 4.78 is 3.03. The van der Waals surface area contributed by atoms with E-state index in [4.69, 9.17) is 0 Å². The van der Waals surface area contributed by atoms with Crippen molar-refractivity contribution in [1.29, 1.82) is 0 Å². The predicted octanol–water partition coefficient (Wildman–Crippen LogP) is 17.7. The van der Waals surface area contributed by atoms with E-state index in [0.717, 1.165) is 0 Å². The van der Waals surface area contributed by atoms with E-state index >= 15 is 0 Å². The van der Waals surface area contributed by atoms with E-state index in [0.29, 0.717) is 28.7 Å². The maximum atomic E-state index is 3.03. The summed E-state index contributed by atoms with van der Waals surface area (Å²) in [6.45, 7) is 30.2. The summed E-state index contributed by atoms with van der Waals surface area (Å²) in [5.41, 5.74) is 13.2. The molecule has 0 spiro atoms. The number of fused-ring (bicyclic) bond motifs is 5. The molecule has 0 aromatic heterocycles. The van der Waals surface area contributed by atoms with E-state index in [-0.39, 0.29) is 16.5 Å². The second kappa shape index (κ2) is 19.9. The first-order valence-corrected chi connectivity index (χ1v) is 29.0. The maximum absolute atomic E-state index is 3.03. The molecule has 0 aliphatic heterocycles. The van der Waals surface area contributed by atoms with Crippen molar-refractivity contribution >= 4 is 13.8 Å². The lowest BCUT2D eigenvalue weighted by Gasteiger charge is -2.57. The summed E-state index contributed by atoms with van der Waals surface area (Å²) in [7, 11) is -1.98. The Labute approximate surface area is 373 Å². The molecule has 4 aliphatic rings. The van der Waals surface area contributed by atoms with Crippen LogP contribution in [-0.2, 0) is 18.3 Å². The van der Waals surface area contributed by atoms with E-state index in [9.17, 15) is 0 Å². The SMILES string of the molecule is CCCCCCCCCCCCCCC1(C)Cc2cc3c(cc2C1)C(CCCC)(CCCC)C1=CC2C(c4ccccc4)CC([Si](C)(C)N(C(C)(C)C)C(C)(C)C)C2C=C13. The highest BCUT2D eigenvalue weighted by Crippen LogP contribution is 2.65. The first kappa shape index (κ1) is 47.6. The number of hydrogen-bond acceptors (Lipinski definition) is 1. The summed E-state index contributed by atoms with van der Waals surface area (Å²) in [6.07, 6.45) is 36.1. The van der Waals surface area contributed by atoms with Gasteiger partial charge in [-0.2, -0.15) is 0 Å². The van der Waals surface area contributed by atoms with Crippen LogP contribution in [0.25, 0.3) is 5.57 Å². The zero-order valence-electron chi connectivity index (χ0n) is 41.5. The molecule has 4 aliphatic carbocycles. The molecule has 0 saturated heterocycles. The van der Waals surface area contributed by atoms with E-state index < -0.39 is 8.24 Å². The highest BCUT2D eigenvalue weighted by molar-refractivity contribution is 6.76. The fraction of sp³-hybridized carbons (Fsp3) is 0.724. The topological polar surface area (TPSA) is 3.24 Å². The van der Waals surface area contributed by atoms with Gasteiger partial charge in [-0.3, -0.25) is 0 Å². The Morgan fingerprint density at radius 2 is 1.13 bits per heavy atom. The van der Waals surface area contributed by atoms with Gasteiger partial charge in [0, 0.05) is 16.5 Å². The molecule has 5 atom stereocenters. The molecule has 1 nitrogen and oxygen atoms in total. The maximum Gasteiger partial charge on any atom is 0.127 e. The summed E-state index contributed by atoms with van der Waals surface area (Å²) in [5, 5.41) is 0. The molecule has 334 valence electrons. The Morgan fingerprint density at radius 1 is 0.617 bits per heavy atom. The standard InChI is InChI=1S/C58H93NSi/c1-13-16-19-20-21-22-23-24-25-26-27-31-34-57(10)42-45-37-49-50-39-51-48(40-53(50)58(35-17-14-2,36-18-15-3)52(49)38-46(45)43-57)47(44-32-29-28-30-33-44)41-54(51)60(11,12)59(55(4,5)6)56(7,8)9/h28-30,32-33,37-40,47-48,51,54H,13-27,31,34-36,41-43H2,1-12H3. The zero-order chi connectivity index (χ0) is 43.3. The lowest BCUT2D eigenvalue weighted by Crippen LogP contribution is -2.67. The van der Waals surface area contributed by atoms with Crippen molar-refractivity contribution in [2.24, 2.45) is 17.3 Å². The van der Waals surface area contributed by atoms with Gasteiger partial charge in [0.1, 0.15) is 8.24 Å². The predicted molar refractivity (Wildman–Crippen MR) is 268 cm³/mol. The van der Waals surface area contributed by atoms with Crippen molar-refractivity contribution in [2.75, 3.05) is 0 Å². The van der Waals surface area contributed by atoms with Crippen LogP contribution in [0.4, 0.5) is 0 Å². The van der Waals surface area contributed by atoms with Crippen LogP contribution >= 0.6 is 0 Å². The molecule has 0 amide bonds. The van der Waals surface area contributed by atoms with Gasteiger partial charge in [0.25, 0.3) is 0 Å². The number of allylic oxidation sites excluding steroid dienone is 4. The molecule has 5 unspecified atom stereocenters. The first-order valence-electron chi connectivity index (χ1n) is 26.0. The third kappa shape index (κ3) is 10.2. The van der Waals surface area contributed by atoms with Crippen LogP contribution in [0, 0.1) is 17.3 Å². The average Bonchev–Trinajstić information content (AvgIpc) is 3.81. The average molecular weight is 832 g/mol. The number of nitrogens with zero attached hydrogens (tertiary/aromatic N) is 1. The normalized spacial score (nSPS) is 24.6. The Morgan fingerprint density at radius 3 is 1.67 bits per heavy atom. The van der Waals surface area contributed by atoms with Gasteiger partial charge in [0.2, 0.25) is 0 Å². The zero-order valence-corrected chi connectivity index (χ0v) is 42.5. The third-order valence-corrected chi connectivity index (χ3v) is 21.3. The van der Waals surface area contributed by atoms with Gasteiger partial charge in [-0.05, 0) is 148 Å². The van der Waals surface area contributed by atoms with Gasteiger partial charge in [-0.1, -0.05) is 198 Å². The van der Waals surface area contributed by atoms with E-state index in [1.807, 2.05) is 0 Å². The van der Waals surface area contributed by atoms with Crippen molar-refractivity contribution in [2.45, 2.75) is 252 Å². The molecule has 0 bridgehead atoms. The quantitative estimate of drug-likeness (QED) is 0.0844. The van der Waals surface area contributed by atoms with Crippen molar-refractivity contribution < 1.29 is 0 Å². The first-order chi connectivity index (χ1) is 28.5. The summed E-state index contributed by atoms with van der Waals surface area (Å²) in [6, 6.07) is 17.4. The van der Waals surface area contributed by atoms with Crippen molar-refractivity contribution in [3.05, 3.63) is 88.0 Å². The Hall–Kier alpha value is -1.90. The lowest BCUT2D eigenvalue weighted by molar-refractivity contribution is 0.122. The number of benzene rings is 2. The van der Waals surface area contributed by atoms with Crippen LogP contribution in [0.15, 0.2) is 60.2 Å². The molecule has 6 rings (SSSR count). The largest absolute Gasteiger partial charge is 0.314 e. The van der Waals surface area contributed by atoms with Gasteiger partial charge >= 0.3 is 0 Å². The van der Waals surface area contributed by atoms with Crippen LogP contribution in [0.1, 0.15) is 231 Å². The Kier molecular flexibility index (Phi) is 15.8. The van der Waals surface area contributed by atoms with Crippen LogP contribution in [0.2, 0.25) is 18.6 Å². The minimum atomic E-state index is -1.98. The molecule has 2 heteroatoms. The molecule has 2 aromatic carbocycles. The minimum Gasteiger partial charge on any atom is -0.314 e. The van der Waals surface area contributed by atoms with Crippen molar-refractivity contribution in [1.82, 2.24) is 4.57 Å². The van der Waals surface area contributed by atoms with E-state index in [1.165, 1.54) is 141 Å². The second-order valence-corrected chi connectivity index (χ2v) is 28.3. The second-order valence-electron chi connectivity index (χ2n) is 23.8. The smallest absolute Gasteiger partial charge is 0.127 e. The molecule has 1 saturated carbocycles. The molecule has 1 fully saturated rings. The van der Waals surface area contributed by atoms with Crippen molar-refractivity contribution in [3.8, 4) is 0 Å². The third-order valence-electron chi connectivity index (χ3n) is 16.4. The van der Waals surface area contributed by atoms with E-state index in [2.05, 4.69) is 142 Å². The summed E-state index contributed by atoms with van der Waals surface area (Å²) >= 11 is 0. The summed E-state index contributed by atoms with van der Waals surface area (Å²) in [4.78, 5) is 0. The van der Waals surface area contributed by atoms with Crippen LogP contribution in [0.3, 0.4) is 0 Å². The highest BCUT2D eigenvalue weighted by atomic mass is 28.3. The Balaban J connectivity index is 1.30. The minimum absolute atomic E-state index is 0.118. The van der Waals surface area contributed by atoms with Gasteiger partial charge < -0.3 is 4.57 Å². The molecule has 0 heterocycles. The van der Waals surface area contributed by atoms with Gasteiger partial charge in [-0.15, -0.1) is 0 Å². The fourth-order valence-electron chi connectivity index (χ4n) is 14.5.